The Kier molecular flexibility index (Phi) is 3.55. The summed E-state index contributed by atoms with van der Waals surface area (Å²) in [6, 6.07) is 8.40. The van der Waals surface area contributed by atoms with Gasteiger partial charge in [-0.25, -0.2) is 0 Å². The van der Waals surface area contributed by atoms with Crippen LogP contribution in [0.1, 0.15) is 0 Å². The second-order valence-electron chi connectivity index (χ2n) is 4.87. The Balaban J connectivity index is 1.80. The quantitative estimate of drug-likeness (QED) is 0.868. The van der Waals surface area contributed by atoms with Crippen LogP contribution < -0.4 is 10.2 Å². The van der Waals surface area contributed by atoms with Crippen molar-refractivity contribution in [3.8, 4) is 0 Å². The molecule has 0 saturated carbocycles. The molecule has 0 radical (unpaired) electrons. The van der Waals surface area contributed by atoms with E-state index in [1.54, 1.807) is 0 Å². The van der Waals surface area contributed by atoms with Crippen LogP contribution in [0, 0.1) is 0 Å². The fourth-order valence-electron chi connectivity index (χ4n) is 2.45. The number of morpholine rings is 1. The number of para-hydroxylation sites is 2. The summed E-state index contributed by atoms with van der Waals surface area (Å²) in [6.45, 7) is 5.35. The van der Waals surface area contributed by atoms with Crippen LogP contribution in [0.2, 0.25) is 0 Å². The molecular weight excluding hydrogens is 240 g/mol. The number of nitrogens with one attached hydrogen (secondary N) is 1. The summed E-state index contributed by atoms with van der Waals surface area (Å²) in [6.07, 6.45) is 0. The minimum Gasteiger partial charge on any atom is -0.378 e. The van der Waals surface area contributed by atoms with Crippen LogP contribution in [0.15, 0.2) is 29.3 Å². The molecular formula is C14H20N4O. The minimum atomic E-state index is 0.801. The number of anilines is 2. The molecule has 19 heavy (non-hydrogen) atoms. The van der Waals surface area contributed by atoms with Gasteiger partial charge in [-0.15, -0.1) is 0 Å². The molecule has 0 aromatic heterocycles. The van der Waals surface area contributed by atoms with E-state index in [-0.39, 0.29) is 0 Å². The maximum atomic E-state index is 5.42. The highest BCUT2D eigenvalue weighted by molar-refractivity contribution is 5.97. The minimum absolute atomic E-state index is 0.801. The van der Waals surface area contributed by atoms with Crippen molar-refractivity contribution in [2.24, 2.45) is 4.99 Å². The maximum absolute atomic E-state index is 5.42. The Morgan fingerprint density at radius 3 is 2.68 bits per heavy atom. The van der Waals surface area contributed by atoms with Gasteiger partial charge in [0.25, 0.3) is 0 Å². The fourth-order valence-corrected chi connectivity index (χ4v) is 2.45. The van der Waals surface area contributed by atoms with E-state index in [1.807, 2.05) is 0 Å². The smallest absolute Gasteiger partial charge is 0.198 e. The summed E-state index contributed by atoms with van der Waals surface area (Å²) in [5.41, 5.74) is 2.35. The molecule has 2 heterocycles. The molecule has 1 N–H and O–H groups in total. The number of guanidine groups is 1. The van der Waals surface area contributed by atoms with E-state index < -0.39 is 0 Å². The number of rotatable bonds is 2. The Morgan fingerprint density at radius 1 is 1.16 bits per heavy atom. The van der Waals surface area contributed by atoms with E-state index in [0.717, 1.165) is 51.0 Å². The van der Waals surface area contributed by atoms with Gasteiger partial charge >= 0.3 is 0 Å². The average Bonchev–Trinajstić information content (AvgIpc) is 2.86. The van der Waals surface area contributed by atoms with Crippen LogP contribution in [-0.4, -0.2) is 57.3 Å². The van der Waals surface area contributed by atoms with E-state index in [2.05, 4.69) is 51.4 Å². The molecule has 1 saturated heterocycles. The number of aliphatic imine (C=N–C) groups is 1. The van der Waals surface area contributed by atoms with Gasteiger partial charge in [0, 0.05) is 26.7 Å². The molecule has 1 aromatic carbocycles. The molecule has 102 valence electrons. The van der Waals surface area contributed by atoms with Crippen LogP contribution in [0.4, 0.5) is 11.4 Å². The van der Waals surface area contributed by atoms with Crippen molar-refractivity contribution in [2.45, 2.75) is 0 Å². The molecule has 0 aliphatic carbocycles. The molecule has 0 atom stereocenters. The number of likely N-dealkylation sites (N-methyl/N-ethyl adjacent to an activating group) is 1. The van der Waals surface area contributed by atoms with Crippen molar-refractivity contribution in [3.05, 3.63) is 24.3 Å². The van der Waals surface area contributed by atoms with E-state index in [4.69, 9.17) is 4.74 Å². The molecule has 5 nitrogen and oxygen atoms in total. The average molecular weight is 260 g/mol. The summed E-state index contributed by atoms with van der Waals surface area (Å²) in [5, 5.41) is 3.45. The highest BCUT2D eigenvalue weighted by atomic mass is 16.5. The number of hydrogen-bond acceptors (Lipinski definition) is 5. The molecule has 0 amide bonds. The lowest BCUT2D eigenvalue weighted by molar-refractivity contribution is 0.123. The van der Waals surface area contributed by atoms with Crippen molar-refractivity contribution >= 4 is 17.3 Å². The second kappa shape index (κ2) is 5.48. The summed E-state index contributed by atoms with van der Waals surface area (Å²) < 4.78 is 5.42. The topological polar surface area (TPSA) is 40.1 Å². The van der Waals surface area contributed by atoms with Crippen LogP contribution in [-0.2, 0) is 4.74 Å². The van der Waals surface area contributed by atoms with Gasteiger partial charge in [0.1, 0.15) is 0 Å². The van der Waals surface area contributed by atoms with Crippen LogP contribution in [0.25, 0.3) is 0 Å². The summed E-state index contributed by atoms with van der Waals surface area (Å²) >= 11 is 0. The van der Waals surface area contributed by atoms with Gasteiger partial charge in [-0.2, -0.15) is 0 Å². The highest BCUT2D eigenvalue weighted by Gasteiger charge is 2.17. The Labute approximate surface area is 113 Å². The molecule has 1 fully saturated rings. The SMILES string of the molecule is CN1CCN=C1Nc1ccccc1N1CCOCC1. The third-order valence-electron chi connectivity index (χ3n) is 3.56. The van der Waals surface area contributed by atoms with Gasteiger partial charge in [0.2, 0.25) is 0 Å². The normalized spacial score (nSPS) is 19.5. The standard InChI is InChI=1S/C14H20N4O/c1-17-7-6-15-14(17)16-12-4-2-3-5-13(12)18-8-10-19-11-9-18/h2-5H,6-11H2,1H3,(H,15,16). The van der Waals surface area contributed by atoms with E-state index >= 15 is 0 Å². The van der Waals surface area contributed by atoms with Crippen molar-refractivity contribution in [1.29, 1.82) is 0 Å². The van der Waals surface area contributed by atoms with E-state index in [9.17, 15) is 0 Å². The van der Waals surface area contributed by atoms with Gasteiger partial charge in [0.15, 0.2) is 5.96 Å². The Morgan fingerprint density at radius 2 is 1.95 bits per heavy atom. The van der Waals surface area contributed by atoms with Crippen molar-refractivity contribution in [3.63, 3.8) is 0 Å². The zero-order chi connectivity index (χ0) is 13.1. The highest BCUT2D eigenvalue weighted by Crippen LogP contribution is 2.26. The summed E-state index contributed by atoms with van der Waals surface area (Å²) in [4.78, 5) is 9.00. The molecule has 2 aliphatic rings. The number of nitrogens with zero attached hydrogens (tertiary/aromatic N) is 3. The fraction of sp³-hybridized carbons (Fsp3) is 0.500. The van der Waals surface area contributed by atoms with Gasteiger partial charge in [0.05, 0.1) is 31.1 Å². The summed E-state index contributed by atoms with van der Waals surface area (Å²) in [5.74, 6) is 0.959. The predicted octanol–water partition coefficient (Wildman–Crippen LogP) is 1.24. The number of ether oxygens (including phenoxy) is 1. The van der Waals surface area contributed by atoms with Gasteiger partial charge in [-0.1, -0.05) is 12.1 Å². The first kappa shape index (κ1) is 12.3. The molecule has 1 aromatic rings. The first-order valence-corrected chi connectivity index (χ1v) is 6.79. The lowest BCUT2D eigenvalue weighted by Gasteiger charge is -2.31. The second-order valence-corrected chi connectivity index (χ2v) is 4.87. The maximum Gasteiger partial charge on any atom is 0.198 e. The van der Waals surface area contributed by atoms with Crippen LogP contribution >= 0.6 is 0 Å². The van der Waals surface area contributed by atoms with Crippen LogP contribution in [0.3, 0.4) is 0 Å². The zero-order valence-electron chi connectivity index (χ0n) is 11.3. The van der Waals surface area contributed by atoms with Gasteiger partial charge in [-0.05, 0) is 12.1 Å². The van der Waals surface area contributed by atoms with Crippen molar-refractivity contribution in [2.75, 3.05) is 56.7 Å². The van der Waals surface area contributed by atoms with Gasteiger partial charge in [-0.3, -0.25) is 4.99 Å². The third kappa shape index (κ3) is 2.66. The molecule has 0 bridgehead atoms. The van der Waals surface area contributed by atoms with Crippen molar-refractivity contribution in [1.82, 2.24) is 4.90 Å². The zero-order valence-corrected chi connectivity index (χ0v) is 11.3. The predicted molar refractivity (Wildman–Crippen MR) is 78.0 cm³/mol. The molecule has 0 spiro atoms. The lowest BCUT2D eigenvalue weighted by Crippen LogP contribution is -2.37. The molecule has 3 rings (SSSR count). The van der Waals surface area contributed by atoms with Crippen LogP contribution in [0.5, 0.6) is 0 Å². The van der Waals surface area contributed by atoms with Crippen molar-refractivity contribution < 1.29 is 4.74 Å². The first-order valence-electron chi connectivity index (χ1n) is 6.79. The lowest BCUT2D eigenvalue weighted by atomic mass is 10.2. The monoisotopic (exact) mass is 260 g/mol. The van der Waals surface area contributed by atoms with E-state index in [0.29, 0.717) is 0 Å². The largest absolute Gasteiger partial charge is 0.378 e. The van der Waals surface area contributed by atoms with Gasteiger partial charge < -0.3 is 19.9 Å². The molecule has 0 unspecified atom stereocenters. The first-order chi connectivity index (χ1) is 9.34. The molecule has 2 aliphatic heterocycles. The van der Waals surface area contributed by atoms with E-state index in [1.165, 1.54) is 5.69 Å². The molecule has 5 heteroatoms. The number of benzene rings is 1. The Bertz CT molecular complexity index is 468. The third-order valence-corrected chi connectivity index (χ3v) is 3.56. The summed E-state index contributed by atoms with van der Waals surface area (Å²) in [7, 11) is 2.07. The number of hydrogen-bond donors (Lipinski definition) is 1. The Hall–Kier alpha value is -1.75.